The predicted octanol–water partition coefficient (Wildman–Crippen LogP) is 5.19. The van der Waals surface area contributed by atoms with Gasteiger partial charge in [-0.05, 0) is 53.4 Å². The average Bonchev–Trinajstić information content (AvgIpc) is 3.58. The average molecular weight is 469 g/mol. The van der Waals surface area contributed by atoms with Crippen LogP contribution in [0.1, 0.15) is 47.0 Å². The van der Waals surface area contributed by atoms with E-state index in [0.29, 0.717) is 6.54 Å². The largest absolute Gasteiger partial charge is 0.497 e. The highest BCUT2D eigenvalue weighted by Crippen LogP contribution is 2.29. The maximum atomic E-state index is 13.6. The molecule has 1 N–H and O–H groups in total. The fourth-order valence-electron chi connectivity index (χ4n) is 4.17. The third kappa shape index (κ3) is 5.58. The Balaban J connectivity index is 1.67. The molecule has 168 valence electrons. The van der Waals surface area contributed by atoms with E-state index in [4.69, 9.17) is 4.74 Å². The van der Waals surface area contributed by atoms with Crippen LogP contribution in [0.15, 0.2) is 59.3 Å². The molecule has 1 saturated carbocycles. The van der Waals surface area contributed by atoms with E-state index in [9.17, 15) is 9.59 Å². The summed E-state index contributed by atoms with van der Waals surface area (Å²) in [6, 6.07) is 14.8. The van der Waals surface area contributed by atoms with Crippen molar-refractivity contribution in [1.82, 2.24) is 10.2 Å². The molecule has 2 heterocycles. The number of amides is 2. The van der Waals surface area contributed by atoms with E-state index in [1.54, 1.807) is 34.7 Å². The van der Waals surface area contributed by atoms with Crippen LogP contribution in [-0.4, -0.2) is 29.9 Å². The van der Waals surface area contributed by atoms with Crippen molar-refractivity contribution in [3.8, 4) is 5.75 Å². The Kier molecular flexibility index (Phi) is 7.60. The van der Waals surface area contributed by atoms with Crippen LogP contribution in [0.2, 0.25) is 0 Å². The highest BCUT2D eigenvalue weighted by Gasteiger charge is 2.33. The van der Waals surface area contributed by atoms with E-state index >= 15 is 0 Å². The summed E-state index contributed by atoms with van der Waals surface area (Å²) < 4.78 is 5.30. The Labute approximate surface area is 197 Å². The Morgan fingerprint density at radius 2 is 1.69 bits per heavy atom. The Hall–Kier alpha value is -2.64. The number of hydrogen-bond donors (Lipinski definition) is 1. The van der Waals surface area contributed by atoms with Gasteiger partial charge in [-0.25, -0.2) is 0 Å². The van der Waals surface area contributed by atoms with Crippen LogP contribution in [-0.2, 0) is 22.6 Å². The molecule has 5 nitrogen and oxygen atoms in total. The minimum Gasteiger partial charge on any atom is -0.497 e. The minimum atomic E-state index is -0.698. The number of carbonyl (C=O) groups excluding carboxylic acids is 2. The first kappa shape index (κ1) is 22.6. The maximum Gasteiger partial charge on any atom is 0.247 e. The van der Waals surface area contributed by atoms with Crippen molar-refractivity contribution in [2.45, 2.75) is 50.7 Å². The number of rotatable bonds is 9. The minimum absolute atomic E-state index is 0.0526. The molecule has 3 aromatic rings. The number of benzene rings is 1. The predicted molar refractivity (Wildman–Crippen MR) is 129 cm³/mol. The zero-order valence-electron chi connectivity index (χ0n) is 18.2. The van der Waals surface area contributed by atoms with Crippen LogP contribution in [0.5, 0.6) is 5.75 Å². The first-order valence-corrected chi connectivity index (χ1v) is 12.7. The molecule has 0 spiro atoms. The second-order valence-electron chi connectivity index (χ2n) is 8.02. The number of ether oxygens (including phenoxy) is 1. The van der Waals surface area contributed by atoms with E-state index < -0.39 is 6.04 Å². The van der Waals surface area contributed by atoms with Gasteiger partial charge in [0, 0.05) is 15.8 Å². The highest BCUT2D eigenvalue weighted by atomic mass is 32.1. The molecule has 0 unspecified atom stereocenters. The number of nitrogens with zero attached hydrogens (tertiary/aromatic N) is 1. The van der Waals surface area contributed by atoms with Gasteiger partial charge < -0.3 is 15.0 Å². The lowest BCUT2D eigenvalue weighted by atomic mass is 10.0. The fraction of sp³-hybridized carbons (Fsp3) is 0.360. The van der Waals surface area contributed by atoms with Gasteiger partial charge in [0.1, 0.15) is 11.8 Å². The van der Waals surface area contributed by atoms with Gasteiger partial charge in [-0.2, -0.15) is 0 Å². The molecule has 0 saturated heterocycles. The van der Waals surface area contributed by atoms with Gasteiger partial charge in [-0.1, -0.05) is 37.1 Å². The maximum absolute atomic E-state index is 13.6. The second-order valence-corrected chi connectivity index (χ2v) is 10.1. The Morgan fingerprint density at radius 3 is 2.28 bits per heavy atom. The van der Waals surface area contributed by atoms with Gasteiger partial charge in [-0.3, -0.25) is 9.59 Å². The van der Waals surface area contributed by atoms with Crippen molar-refractivity contribution >= 4 is 34.5 Å². The van der Waals surface area contributed by atoms with Crippen molar-refractivity contribution in [3.05, 3.63) is 74.6 Å². The molecule has 0 aliphatic heterocycles. The number of nitrogens with one attached hydrogen (secondary N) is 1. The van der Waals surface area contributed by atoms with E-state index in [2.05, 4.69) is 5.32 Å². The second kappa shape index (κ2) is 10.8. The summed E-state index contributed by atoms with van der Waals surface area (Å²) in [6.45, 7) is 0.399. The highest BCUT2D eigenvalue weighted by molar-refractivity contribution is 7.10. The van der Waals surface area contributed by atoms with Crippen molar-refractivity contribution in [3.63, 3.8) is 0 Å². The summed E-state index contributed by atoms with van der Waals surface area (Å²) in [4.78, 5) is 30.9. The first-order valence-electron chi connectivity index (χ1n) is 10.9. The molecule has 1 aliphatic carbocycles. The Morgan fingerprint density at radius 1 is 1.03 bits per heavy atom. The molecule has 1 atom stereocenters. The van der Waals surface area contributed by atoms with Crippen LogP contribution in [0.4, 0.5) is 0 Å². The monoisotopic (exact) mass is 468 g/mol. The zero-order valence-corrected chi connectivity index (χ0v) is 19.8. The zero-order chi connectivity index (χ0) is 22.3. The third-order valence-electron chi connectivity index (χ3n) is 5.83. The van der Waals surface area contributed by atoms with E-state index in [0.717, 1.165) is 46.8 Å². The molecule has 2 aromatic heterocycles. The molecule has 7 heteroatoms. The molecule has 1 aliphatic rings. The van der Waals surface area contributed by atoms with E-state index in [1.807, 2.05) is 59.3 Å². The van der Waals surface area contributed by atoms with Crippen LogP contribution in [0.25, 0.3) is 0 Å². The lowest BCUT2D eigenvalue weighted by Gasteiger charge is -2.32. The van der Waals surface area contributed by atoms with Crippen molar-refractivity contribution in [1.29, 1.82) is 0 Å². The van der Waals surface area contributed by atoms with Crippen molar-refractivity contribution < 1.29 is 14.3 Å². The van der Waals surface area contributed by atoms with Gasteiger partial charge in [0.25, 0.3) is 0 Å². The SMILES string of the molecule is COc1ccc([C@H](C(=O)NC2CCCC2)N(Cc2cccs2)C(=O)Cc2cccs2)cc1. The molecule has 2 amide bonds. The molecular formula is C25H28N2O3S2. The summed E-state index contributed by atoms with van der Waals surface area (Å²) in [5.41, 5.74) is 0.789. The quantitative estimate of drug-likeness (QED) is 0.470. The molecule has 1 aromatic carbocycles. The van der Waals surface area contributed by atoms with Crippen molar-refractivity contribution in [2.24, 2.45) is 0 Å². The molecule has 1 fully saturated rings. The normalized spacial score (nSPS) is 14.8. The number of thiophene rings is 2. The van der Waals surface area contributed by atoms with E-state index in [1.165, 1.54) is 0 Å². The van der Waals surface area contributed by atoms with Crippen LogP contribution in [0.3, 0.4) is 0 Å². The molecule has 4 rings (SSSR count). The topological polar surface area (TPSA) is 58.6 Å². The summed E-state index contributed by atoms with van der Waals surface area (Å²) in [7, 11) is 1.62. The smallest absolute Gasteiger partial charge is 0.247 e. The lowest BCUT2D eigenvalue weighted by Crippen LogP contribution is -2.46. The van der Waals surface area contributed by atoms with Crippen LogP contribution in [0, 0.1) is 0 Å². The molecule has 32 heavy (non-hydrogen) atoms. The summed E-state index contributed by atoms with van der Waals surface area (Å²) in [6.07, 6.45) is 4.54. The fourth-order valence-corrected chi connectivity index (χ4v) is 5.57. The van der Waals surface area contributed by atoms with Crippen LogP contribution >= 0.6 is 22.7 Å². The third-order valence-corrected chi connectivity index (χ3v) is 7.56. The van der Waals surface area contributed by atoms with Gasteiger partial charge in [0.2, 0.25) is 11.8 Å². The van der Waals surface area contributed by atoms with Crippen LogP contribution < -0.4 is 10.1 Å². The number of methoxy groups -OCH3 is 1. The molecule has 0 radical (unpaired) electrons. The summed E-state index contributed by atoms with van der Waals surface area (Å²) in [5.74, 6) is 0.555. The van der Waals surface area contributed by atoms with Gasteiger partial charge in [0.05, 0.1) is 20.1 Å². The summed E-state index contributed by atoms with van der Waals surface area (Å²) in [5, 5.41) is 7.19. The number of carbonyl (C=O) groups is 2. The van der Waals surface area contributed by atoms with Crippen molar-refractivity contribution in [2.75, 3.05) is 7.11 Å². The molecular weight excluding hydrogens is 440 g/mol. The van der Waals surface area contributed by atoms with E-state index in [-0.39, 0.29) is 24.3 Å². The molecule has 0 bridgehead atoms. The lowest BCUT2D eigenvalue weighted by molar-refractivity contribution is -0.141. The first-order chi connectivity index (χ1) is 15.6. The standard InChI is InChI=1S/C25H28N2O3S2/c1-30-20-12-10-18(11-13-20)24(25(29)26-19-6-2-3-7-19)27(17-22-9-5-15-32-22)23(28)16-21-8-4-14-31-21/h4-5,8-15,19,24H,2-3,6-7,16-17H2,1H3,(H,26,29)/t24-/m1/s1. The van der Waals surface area contributed by atoms with Gasteiger partial charge >= 0.3 is 0 Å². The number of hydrogen-bond acceptors (Lipinski definition) is 5. The van der Waals surface area contributed by atoms with Gasteiger partial charge in [0.15, 0.2) is 0 Å². The van der Waals surface area contributed by atoms with Gasteiger partial charge in [-0.15, -0.1) is 22.7 Å². The summed E-state index contributed by atoms with van der Waals surface area (Å²) >= 11 is 3.16. The Bertz CT molecular complexity index is 995.